The van der Waals surface area contributed by atoms with Gasteiger partial charge >= 0.3 is 6.18 Å². The maximum atomic E-state index is 12.8. The topological polar surface area (TPSA) is 17.8 Å². The van der Waals surface area contributed by atoms with E-state index in [9.17, 15) is 13.2 Å². The first-order valence-electron chi connectivity index (χ1n) is 4.76. The van der Waals surface area contributed by atoms with E-state index in [0.29, 0.717) is 0 Å². The van der Waals surface area contributed by atoms with Crippen LogP contribution in [0.4, 0.5) is 13.2 Å². The Kier molecular flexibility index (Phi) is 2.87. The van der Waals surface area contributed by atoms with E-state index in [1.165, 1.54) is 28.9 Å². The quantitative estimate of drug-likeness (QED) is 0.763. The molecule has 0 aliphatic carbocycles. The van der Waals surface area contributed by atoms with Gasteiger partial charge in [0.15, 0.2) is 0 Å². The maximum absolute atomic E-state index is 12.8. The fourth-order valence-electron chi connectivity index (χ4n) is 1.53. The first-order chi connectivity index (χ1) is 7.89. The third-order valence-corrected chi connectivity index (χ3v) is 2.68. The van der Waals surface area contributed by atoms with Gasteiger partial charge in [-0.15, -0.1) is 0 Å². The highest BCUT2D eigenvalue weighted by Gasteiger charge is 2.33. The van der Waals surface area contributed by atoms with Crippen molar-refractivity contribution in [3.8, 4) is 11.3 Å². The molecule has 17 heavy (non-hydrogen) atoms. The van der Waals surface area contributed by atoms with E-state index in [4.69, 9.17) is 11.6 Å². The number of halogens is 4. The second-order valence-electron chi connectivity index (χ2n) is 3.52. The molecule has 0 bridgehead atoms. The molecule has 0 N–H and O–H groups in total. The average molecular weight is 261 g/mol. The van der Waals surface area contributed by atoms with Crippen molar-refractivity contribution in [3.05, 3.63) is 41.0 Å². The van der Waals surface area contributed by atoms with Crippen molar-refractivity contribution < 1.29 is 13.2 Å². The number of hydrogen-bond acceptors (Lipinski definition) is 1. The van der Waals surface area contributed by atoms with Gasteiger partial charge in [-0.1, -0.05) is 29.8 Å². The summed E-state index contributed by atoms with van der Waals surface area (Å²) in [7, 11) is 1.57. The van der Waals surface area contributed by atoms with Crippen LogP contribution in [0.3, 0.4) is 0 Å². The minimum absolute atomic E-state index is 0.0301. The van der Waals surface area contributed by atoms with Crippen LogP contribution in [0.2, 0.25) is 5.15 Å². The monoisotopic (exact) mass is 260 g/mol. The van der Waals surface area contributed by atoms with Crippen molar-refractivity contribution in [2.75, 3.05) is 0 Å². The van der Waals surface area contributed by atoms with E-state index in [1.54, 1.807) is 7.05 Å². The van der Waals surface area contributed by atoms with Gasteiger partial charge in [0.25, 0.3) is 0 Å². The maximum Gasteiger partial charge on any atom is 0.417 e. The Hall–Kier alpha value is -1.49. The Morgan fingerprint density at radius 1 is 1.24 bits per heavy atom. The van der Waals surface area contributed by atoms with E-state index in [1.807, 2.05) is 0 Å². The number of aromatic nitrogens is 2. The van der Waals surface area contributed by atoms with E-state index in [-0.39, 0.29) is 16.4 Å². The molecule has 0 saturated carbocycles. The molecule has 0 fully saturated rings. The molecule has 2 nitrogen and oxygen atoms in total. The molecule has 0 amide bonds. The van der Waals surface area contributed by atoms with Crippen LogP contribution in [-0.4, -0.2) is 9.78 Å². The van der Waals surface area contributed by atoms with Crippen LogP contribution >= 0.6 is 11.6 Å². The lowest BCUT2D eigenvalue weighted by Crippen LogP contribution is -2.07. The molecule has 6 heteroatoms. The number of rotatable bonds is 1. The van der Waals surface area contributed by atoms with Gasteiger partial charge in [-0.05, 0) is 6.07 Å². The summed E-state index contributed by atoms with van der Waals surface area (Å²) in [6.07, 6.45) is -4.40. The van der Waals surface area contributed by atoms with Gasteiger partial charge < -0.3 is 0 Å². The highest BCUT2D eigenvalue weighted by atomic mass is 35.5. The summed E-state index contributed by atoms with van der Waals surface area (Å²) in [5, 5.41) is 4.23. The normalized spacial score (nSPS) is 11.8. The summed E-state index contributed by atoms with van der Waals surface area (Å²) < 4.78 is 39.6. The number of benzene rings is 1. The first-order valence-corrected chi connectivity index (χ1v) is 5.13. The smallest absolute Gasteiger partial charge is 0.256 e. The number of aryl methyl sites for hydroxylation is 1. The lowest BCUT2D eigenvalue weighted by Gasteiger charge is -2.10. The standard InChI is InChI=1S/C11H8ClF3N2/c1-17-10(12)6-9(16-17)7-4-2-3-5-8(7)11(13,14)15/h2-6H,1H3. The second kappa shape index (κ2) is 4.07. The Balaban J connectivity index is 2.60. The summed E-state index contributed by atoms with van der Waals surface area (Å²) in [5.41, 5.74) is -0.470. The van der Waals surface area contributed by atoms with E-state index >= 15 is 0 Å². The third-order valence-electron chi connectivity index (χ3n) is 2.33. The Labute approximate surface area is 101 Å². The van der Waals surface area contributed by atoms with Gasteiger partial charge in [-0.3, -0.25) is 4.68 Å². The molecule has 0 aliphatic heterocycles. The Morgan fingerprint density at radius 2 is 1.88 bits per heavy atom. The predicted octanol–water partition coefficient (Wildman–Crippen LogP) is 3.76. The fourth-order valence-corrected chi connectivity index (χ4v) is 1.67. The Morgan fingerprint density at radius 3 is 2.41 bits per heavy atom. The van der Waals surface area contributed by atoms with Crippen molar-refractivity contribution in [1.29, 1.82) is 0 Å². The van der Waals surface area contributed by atoms with Crippen molar-refractivity contribution in [2.24, 2.45) is 7.05 Å². The van der Waals surface area contributed by atoms with Crippen molar-refractivity contribution in [1.82, 2.24) is 9.78 Å². The van der Waals surface area contributed by atoms with E-state index < -0.39 is 11.7 Å². The molecule has 1 aromatic heterocycles. The van der Waals surface area contributed by atoms with Crippen molar-refractivity contribution in [3.63, 3.8) is 0 Å². The van der Waals surface area contributed by atoms with Crippen LogP contribution < -0.4 is 0 Å². The van der Waals surface area contributed by atoms with Gasteiger partial charge in [0.2, 0.25) is 0 Å². The second-order valence-corrected chi connectivity index (χ2v) is 3.91. The molecule has 2 rings (SSSR count). The minimum Gasteiger partial charge on any atom is -0.256 e. The first kappa shape index (κ1) is 12.0. The SMILES string of the molecule is Cn1nc(-c2ccccc2C(F)(F)F)cc1Cl. The number of nitrogens with zero attached hydrogens (tertiary/aromatic N) is 2. The summed E-state index contributed by atoms with van der Waals surface area (Å²) in [6, 6.07) is 6.69. The molecular weight excluding hydrogens is 253 g/mol. The van der Waals surface area contributed by atoms with Crippen molar-refractivity contribution in [2.45, 2.75) is 6.18 Å². The van der Waals surface area contributed by atoms with Crippen LogP contribution in [0.25, 0.3) is 11.3 Å². The summed E-state index contributed by atoms with van der Waals surface area (Å²) in [5.74, 6) is 0. The molecule has 0 spiro atoms. The average Bonchev–Trinajstić information content (AvgIpc) is 2.58. The van der Waals surface area contributed by atoms with Crippen LogP contribution in [0.15, 0.2) is 30.3 Å². The zero-order valence-electron chi connectivity index (χ0n) is 8.79. The number of hydrogen-bond donors (Lipinski definition) is 0. The molecule has 1 heterocycles. The molecule has 0 aliphatic rings. The van der Waals surface area contributed by atoms with Gasteiger partial charge in [-0.25, -0.2) is 0 Å². The van der Waals surface area contributed by atoms with Crippen LogP contribution in [0, 0.1) is 0 Å². The summed E-state index contributed by atoms with van der Waals surface area (Å²) in [6.45, 7) is 0. The zero-order valence-corrected chi connectivity index (χ0v) is 9.55. The molecule has 2 aromatic rings. The molecule has 0 radical (unpaired) electrons. The largest absolute Gasteiger partial charge is 0.417 e. The van der Waals surface area contributed by atoms with Crippen LogP contribution in [-0.2, 0) is 13.2 Å². The summed E-state index contributed by atoms with van der Waals surface area (Å²) >= 11 is 5.77. The van der Waals surface area contributed by atoms with E-state index in [2.05, 4.69) is 5.10 Å². The number of alkyl halides is 3. The minimum atomic E-state index is -4.40. The fraction of sp³-hybridized carbons (Fsp3) is 0.182. The lowest BCUT2D eigenvalue weighted by molar-refractivity contribution is -0.137. The predicted molar refractivity (Wildman–Crippen MR) is 58.7 cm³/mol. The van der Waals surface area contributed by atoms with Gasteiger partial charge in [0.1, 0.15) is 5.15 Å². The summed E-state index contributed by atoms with van der Waals surface area (Å²) in [4.78, 5) is 0. The zero-order chi connectivity index (χ0) is 12.6. The molecule has 1 aromatic carbocycles. The molecular formula is C11H8ClF3N2. The molecule has 0 unspecified atom stereocenters. The van der Waals surface area contributed by atoms with Gasteiger partial charge in [-0.2, -0.15) is 18.3 Å². The molecule has 0 saturated heterocycles. The third kappa shape index (κ3) is 2.29. The molecule has 0 atom stereocenters. The van der Waals surface area contributed by atoms with Gasteiger partial charge in [0.05, 0.1) is 11.3 Å². The highest BCUT2D eigenvalue weighted by molar-refractivity contribution is 6.29. The van der Waals surface area contributed by atoms with Crippen molar-refractivity contribution >= 4 is 11.6 Å². The van der Waals surface area contributed by atoms with Crippen LogP contribution in [0.1, 0.15) is 5.56 Å². The molecule has 90 valence electrons. The van der Waals surface area contributed by atoms with E-state index in [0.717, 1.165) is 6.07 Å². The highest BCUT2D eigenvalue weighted by Crippen LogP contribution is 2.36. The Bertz CT molecular complexity index is 526. The van der Waals surface area contributed by atoms with Crippen LogP contribution in [0.5, 0.6) is 0 Å². The van der Waals surface area contributed by atoms with Gasteiger partial charge in [0, 0.05) is 18.7 Å². The lowest BCUT2D eigenvalue weighted by atomic mass is 10.0.